The summed E-state index contributed by atoms with van der Waals surface area (Å²) in [4.78, 5) is 4.89. The Labute approximate surface area is 90.3 Å². The van der Waals surface area contributed by atoms with Crippen molar-refractivity contribution in [1.29, 1.82) is 0 Å². The van der Waals surface area contributed by atoms with Crippen LogP contribution in [0.3, 0.4) is 0 Å². The van der Waals surface area contributed by atoms with E-state index in [0.717, 1.165) is 13.1 Å². The van der Waals surface area contributed by atoms with Gasteiger partial charge >= 0.3 is 0 Å². The number of nitrogens with zero attached hydrogens (tertiary/aromatic N) is 2. The van der Waals surface area contributed by atoms with E-state index < -0.39 is 0 Å². The maximum atomic E-state index is 2.53. The average molecular weight is 200 g/mol. The quantitative estimate of drug-likeness (QED) is 0.649. The molecule has 0 rings (SSSR count). The molecule has 0 N–H and O–H groups in total. The molecule has 2 atom stereocenters. The van der Waals surface area contributed by atoms with Gasteiger partial charge in [0.15, 0.2) is 0 Å². The maximum absolute atomic E-state index is 2.53. The summed E-state index contributed by atoms with van der Waals surface area (Å²) < 4.78 is 0. The van der Waals surface area contributed by atoms with E-state index >= 15 is 0 Å². The van der Waals surface area contributed by atoms with Crippen molar-refractivity contribution < 1.29 is 0 Å². The first kappa shape index (κ1) is 13.9. The molecule has 0 aromatic rings. The lowest BCUT2D eigenvalue weighted by Gasteiger charge is -2.39. The fourth-order valence-corrected chi connectivity index (χ4v) is 2.60. The minimum atomic E-state index is 0.639. The Morgan fingerprint density at radius 2 is 1.36 bits per heavy atom. The molecule has 0 aromatic heterocycles. The molecule has 0 spiro atoms. The van der Waals surface area contributed by atoms with Crippen LogP contribution >= 0.6 is 0 Å². The molecule has 0 bridgehead atoms. The zero-order valence-corrected chi connectivity index (χ0v) is 11.0. The molecule has 0 fully saturated rings. The van der Waals surface area contributed by atoms with Gasteiger partial charge in [-0.15, -0.1) is 0 Å². The first-order valence-electron chi connectivity index (χ1n) is 5.86. The molecule has 0 aromatic carbocycles. The van der Waals surface area contributed by atoms with Crippen LogP contribution in [-0.2, 0) is 0 Å². The normalized spacial score (nSPS) is 16.7. The van der Waals surface area contributed by atoms with Crippen molar-refractivity contribution in [2.45, 2.75) is 46.7 Å². The Balaban J connectivity index is 4.49. The summed E-state index contributed by atoms with van der Waals surface area (Å²) in [5.41, 5.74) is 0. The Morgan fingerprint density at radius 3 is 1.57 bits per heavy atom. The molecule has 2 nitrogen and oxygen atoms in total. The number of hydrogen-bond donors (Lipinski definition) is 0. The van der Waals surface area contributed by atoms with E-state index in [1.165, 1.54) is 0 Å². The van der Waals surface area contributed by atoms with Crippen LogP contribution in [0.25, 0.3) is 0 Å². The molecule has 0 amide bonds. The Kier molecular flexibility index (Phi) is 6.38. The second-order valence-corrected chi connectivity index (χ2v) is 4.66. The predicted octanol–water partition coefficient (Wildman–Crippen LogP) is 2.30. The van der Waals surface area contributed by atoms with Crippen molar-refractivity contribution in [1.82, 2.24) is 9.80 Å². The third kappa shape index (κ3) is 3.58. The van der Waals surface area contributed by atoms with Crippen LogP contribution in [-0.4, -0.2) is 49.1 Å². The molecule has 0 aliphatic heterocycles. The van der Waals surface area contributed by atoms with E-state index in [4.69, 9.17) is 0 Å². The van der Waals surface area contributed by atoms with Crippen LogP contribution in [0.15, 0.2) is 0 Å². The van der Waals surface area contributed by atoms with Crippen LogP contribution in [0.1, 0.15) is 34.6 Å². The Hall–Kier alpha value is -0.0800. The number of likely N-dealkylation sites (N-methyl/N-ethyl adjacent to an activating group) is 2. The van der Waals surface area contributed by atoms with E-state index in [-0.39, 0.29) is 0 Å². The Morgan fingerprint density at radius 1 is 0.929 bits per heavy atom. The third-order valence-corrected chi connectivity index (χ3v) is 3.16. The highest BCUT2D eigenvalue weighted by Gasteiger charge is 2.25. The second kappa shape index (κ2) is 6.41. The molecule has 0 aliphatic carbocycles. The number of hydrogen-bond acceptors (Lipinski definition) is 2. The largest absolute Gasteiger partial charge is 0.305 e. The summed E-state index contributed by atoms with van der Waals surface area (Å²) in [7, 11) is 4.37. The summed E-state index contributed by atoms with van der Waals surface area (Å²) in [6.45, 7) is 13.7. The van der Waals surface area contributed by atoms with E-state index in [9.17, 15) is 0 Å². The molecule has 0 heterocycles. The minimum Gasteiger partial charge on any atom is -0.305 e. The monoisotopic (exact) mass is 200 g/mol. The summed E-state index contributed by atoms with van der Waals surface area (Å²) in [5, 5.41) is 0. The van der Waals surface area contributed by atoms with E-state index in [0.29, 0.717) is 18.0 Å². The van der Waals surface area contributed by atoms with E-state index in [1.807, 2.05) is 0 Å². The molecule has 2 heteroatoms. The van der Waals surface area contributed by atoms with Crippen LogP contribution < -0.4 is 0 Å². The van der Waals surface area contributed by atoms with Crippen LogP contribution in [0.2, 0.25) is 0 Å². The zero-order chi connectivity index (χ0) is 11.3. The van der Waals surface area contributed by atoms with Gasteiger partial charge < -0.3 is 4.90 Å². The second-order valence-electron chi connectivity index (χ2n) is 4.66. The van der Waals surface area contributed by atoms with Gasteiger partial charge in [-0.3, -0.25) is 4.90 Å². The molecule has 0 saturated heterocycles. The molecule has 0 saturated carbocycles. The van der Waals surface area contributed by atoms with Gasteiger partial charge in [-0.25, -0.2) is 0 Å². The molecular weight excluding hydrogens is 172 g/mol. The summed E-state index contributed by atoms with van der Waals surface area (Å²) in [6, 6.07) is 1.29. The van der Waals surface area contributed by atoms with Crippen molar-refractivity contribution in [2.75, 3.05) is 27.2 Å². The Bertz CT molecular complexity index is 131. The van der Waals surface area contributed by atoms with Crippen LogP contribution in [0, 0.1) is 5.92 Å². The zero-order valence-electron chi connectivity index (χ0n) is 11.0. The van der Waals surface area contributed by atoms with Gasteiger partial charge in [0.1, 0.15) is 0 Å². The lowest BCUT2D eigenvalue weighted by molar-refractivity contribution is 0.0979. The van der Waals surface area contributed by atoms with Crippen molar-refractivity contribution in [2.24, 2.45) is 5.92 Å². The smallest absolute Gasteiger partial charge is 0.0265 e. The number of rotatable bonds is 6. The third-order valence-electron chi connectivity index (χ3n) is 3.16. The van der Waals surface area contributed by atoms with Gasteiger partial charge in [-0.1, -0.05) is 27.7 Å². The van der Waals surface area contributed by atoms with Gasteiger partial charge in [-0.05, 0) is 40.0 Å². The average Bonchev–Trinajstić information content (AvgIpc) is 2.04. The highest BCUT2D eigenvalue weighted by Crippen LogP contribution is 2.16. The first-order valence-corrected chi connectivity index (χ1v) is 5.86. The molecule has 2 unspecified atom stereocenters. The summed E-state index contributed by atoms with van der Waals surface area (Å²) in [6.07, 6.45) is 0. The topological polar surface area (TPSA) is 6.48 Å². The van der Waals surface area contributed by atoms with Gasteiger partial charge in [0.2, 0.25) is 0 Å². The highest BCUT2D eigenvalue weighted by molar-refractivity contribution is 4.82. The maximum Gasteiger partial charge on any atom is 0.0265 e. The minimum absolute atomic E-state index is 0.639. The van der Waals surface area contributed by atoms with Gasteiger partial charge in [-0.2, -0.15) is 0 Å². The predicted molar refractivity (Wildman–Crippen MR) is 64.7 cm³/mol. The van der Waals surface area contributed by atoms with Crippen molar-refractivity contribution in [3.8, 4) is 0 Å². The van der Waals surface area contributed by atoms with Gasteiger partial charge in [0.25, 0.3) is 0 Å². The molecule has 0 radical (unpaired) electrons. The van der Waals surface area contributed by atoms with E-state index in [2.05, 4.69) is 58.5 Å². The molecule has 14 heavy (non-hydrogen) atoms. The molecule has 0 aliphatic rings. The summed E-state index contributed by atoms with van der Waals surface area (Å²) in [5.74, 6) is 0.709. The molecular formula is C12H28N2. The lowest BCUT2D eigenvalue weighted by atomic mass is 9.95. The van der Waals surface area contributed by atoms with Gasteiger partial charge in [0, 0.05) is 12.1 Å². The first-order chi connectivity index (χ1) is 6.45. The van der Waals surface area contributed by atoms with Gasteiger partial charge in [0.05, 0.1) is 0 Å². The van der Waals surface area contributed by atoms with E-state index in [1.54, 1.807) is 0 Å². The van der Waals surface area contributed by atoms with Crippen molar-refractivity contribution >= 4 is 0 Å². The molecule has 86 valence electrons. The fraction of sp³-hybridized carbons (Fsp3) is 1.00. The van der Waals surface area contributed by atoms with Crippen molar-refractivity contribution in [3.63, 3.8) is 0 Å². The van der Waals surface area contributed by atoms with Crippen molar-refractivity contribution in [3.05, 3.63) is 0 Å². The fourth-order valence-electron chi connectivity index (χ4n) is 2.60. The summed E-state index contributed by atoms with van der Waals surface area (Å²) >= 11 is 0. The van der Waals surface area contributed by atoms with Crippen LogP contribution in [0.4, 0.5) is 0 Å². The SMILES string of the molecule is CCN(CC)C(C)C(C(C)C)N(C)C. The highest BCUT2D eigenvalue weighted by atomic mass is 15.2. The lowest BCUT2D eigenvalue weighted by Crippen LogP contribution is -2.50. The van der Waals surface area contributed by atoms with Crippen LogP contribution in [0.5, 0.6) is 0 Å². The standard InChI is InChI=1S/C12H28N2/c1-8-14(9-2)11(5)12(10(3)4)13(6)7/h10-12H,8-9H2,1-7H3.